The van der Waals surface area contributed by atoms with Gasteiger partial charge in [0.15, 0.2) is 11.5 Å². The predicted octanol–water partition coefficient (Wildman–Crippen LogP) is 2.19. The van der Waals surface area contributed by atoms with Crippen LogP contribution in [0.15, 0.2) is 49.2 Å². The highest BCUT2D eigenvalue weighted by molar-refractivity contribution is 6.10. The summed E-state index contributed by atoms with van der Waals surface area (Å²) in [5, 5.41) is 11.5. The van der Waals surface area contributed by atoms with E-state index in [0.717, 1.165) is 17.1 Å². The summed E-state index contributed by atoms with van der Waals surface area (Å²) in [6.45, 7) is 3.45. The van der Waals surface area contributed by atoms with E-state index in [-0.39, 0.29) is 11.6 Å². The van der Waals surface area contributed by atoms with E-state index in [1.165, 1.54) is 0 Å². The number of ether oxygens (including phenoxy) is 2. The van der Waals surface area contributed by atoms with Crippen LogP contribution in [-0.4, -0.2) is 50.9 Å². The summed E-state index contributed by atoms with van der Waals surface area (Å²) in [5.74, 6) is 1.12. The van der Waals surface area contributed by atoms with Gasteiger partial charge in [-0.1, -0.05) is 13.0 Å². The van der Waals surface area contributed by atoms with Crippen molar-refractivity contribution in [1.82, 2.24) is 24.8 Å². The van der Waals surface area contributed by atoms with Crippen LogP contribution in [0.4, 0.5) is 0 Å². The SMILES string of the molecule is CCC(C(=N)c1ccnc(-n2ccnc2)n1)C(=O)NCCc1ccc2c(c1)OCCO2. The molecule has 3 heterocycles. The van der Waals surface area contributed by atoms with Crippen LogP contribution in [0.3, 0.4) is 0 Å². The van der Waals surface area contributed by atoms with Crippen LogP contribution in [0, 0.1) is 11.3 Å². The molecule has 0 radical (unpaired) electrons. The molecule has 9 nitrogen and oxygen atoms in total. The van der Waals surface area contributed by atoms with E-state index < -0.39 is 5.92 Å². The van der Waals surface area contributed by atoms with E-state index in [4.69, 9.17) is 14.9 Å². The van der Waals surface area contributed by atoms with Crippen molar-refractivity contribution in [1.29, 1.82) is 5.41 Å². The molecule has 1 amide bonds. The van der Waals surface area contributed by atoms with Gasteiger partial charge in [-0.15, -0.1) is 0 Å². The highest BCUT2D eigenvalue weighted by Gasteiger charge is 2.24. The van der Waals surface area contributed by atoms with Gasteiger partial charge in [0, 0.05) is 25.1 Å². The maximum absolute atomic E-state index is 12.8. The Balaban J connectivity index is 1.37. The zero-order valence-electron chi connectivity index (χ0n) is 17.2. The average molecular weight is 420 g/mol. The van der Waals surface area contributed by atoms with Crippen LogP contribution in [-0.2, 0) is 11.2 Å². The number of amides is 1. The number of hydrogen-bond donors (Lipinski definition) is 2. The number of fused-ring (bicyclic) bond motifs is 1. The lowest BCUT2D eigenvalue weighted by atomic mass is 9.96. The first-order chi connectivity index (χ1) is 15.2. The number of benzene rings is 1. The first kappa shape index (κ1) is 20.5. The third-order valence-corrected chi connectivity index (χ3v) is 5.05. The van der Waals surface area contributed by atoms with Gasteiger partial charge in [0.1, 0.15) is 19.5 Å². The van der Waals surface area contributed by atoms with Gasteiger partial charge in [0.05, 0.1) is 17.3 Å². The molecule has 0 saturated carbocycles. The molecule has 9 heteroatoms. The van der Waals surface area contributed by atoms with Crippen LogP contribution >= 0.6 is 0 Å². The van der Waals surface area contributed by atoms with Gasteiger partial charge < -0.3 is 20.2 Å². The molecule has 0 spiro atoms. The minimum atomic E-state index is -0.592. The molecule has 31 heavy (non-hydrogen) atoms. The van der Waals surface area contributed by atoms with Crippen LogP contribution in [0.5, 0.6) is 11.5 Å². The quantitative estimate of drug-likeness (QED) is 0.540. The topological polar surface area (TPSA) is 115 Å². The smallest absolute Gasteiger partial charge is 0.235 e. The molecule has 0 bridgehead atoms. The monoisotopic (exact) mass is 420 g/mol. The molecule has 0 aliphatic carbocycles. The van der Waals surface area contributed by atoms with Crippen molar-refractivity contribution in [2.24, 2.45) is 5.92 Å². The van der Waals surface area contributed by atoms with Crippen LogP contribution in [0.2, 0.25) is 0 Å². The molecule has 2 N–H and O–H groups in total. The third-order valence-electron chi connectivity index (χ3n) is 5.05. The molecule has 2 aromatic heterocycles. The Morgan fingerprint density at radius 2 is 2.06 bits per heavy atom. The summed E-state index contributed by atoms with van der Waals surface area (Å²) in [6, 6.07) is 7.45. The van der Waals surface area contributed by atoms with Crippen molar-refractivity contribution in [3.63, 3.8) is 0 Å². The summed E-state index contributed by atoms with van der Waals surface area (Å²) in [7, 11) is 0. The van der Waals surface area contributed by atoms with Crippen LogP contribution in [0.1, 0.15) is 24.6 Å². The molecule has 160 valence electrons. The van der Waals surface area contributed by atoms with Crippen molar-refractivity contribution in [3.05, 3.63) is 60.4 Å². The second kappa shape index (κ2) is 9.38. The Labute approximate surface area is 180 Å². The minimum absolute atomic E-state index is 0.170. The predicted molar refractivity (Wildman–Crippen MR) is 114 cm³/mol. The molecule has 3 aromatic rings. The molecule has 1 aromatic carbocycles. The van der Waals surface area contributed by atoms with E-state index in [1.807, 2.05) is 25.1 Å². The van der Waals surface area contributed by atoms with Crippen molar-refractivity contribution >= 4 is 11.6 Å². The largest absolute Gasteiger partial charge is 0.486 e. The fourth-order valence-corrected chi connectivity index (χ4v) is 3.40. The molecule has 1 aliphatic rings. The Hall–Kier alpha value is -3.75. The fraction of sp³-hybridized carbons (Fsp3) is 0.318. The Morgan fingerprint density at radius 1 is 1.23 bits per heavy atom. The van der Waals surface area contributed by atoms with E-state index in [2.05, 4.69) is 20.3 Å². The molecule has 1 atom stereocenters. The highest BCUT2D eigenvalue weighted by atomic mass is 16.6. The summed E-state index contributed by atoms with van der Waals surface area (Å²) >= 11 is 0. The second-order valence-corrected chi connectivity index (χ2v) is 7.11. The number of rotatable bonds is 8. The maximum atomic E-state index is 12.8. The number of aromatic nitrogens is 4. The number of nitrogens with zero attached hydrogens (tertiary/aromatic N) is 4. The number of imidazole rings is 1. The fourth-order valence-electron chi connectivity index (χ4n) is 3.40. The average Bonchev–Trinajstić information content (AvgIpc) is 3.35. The summed E-state index contributed by atoms with van der Waals surface area (Å²) in [5.41, 5.74) is 1.64. The van der Waals surface area contributed by atoms with Gasteiger partial charge in [0.25, 0.3) is 0 Å². The number of hydrogen-bond acceptors (Lipinski definition) is 7. The van der Waals surface area contributed by atoms with Gasteiger partial charge in [-0.2, -0.15) is 0 Å². The molecular weight excluding hydrogens is 396 g/mol. The Kier molecular flexibility index (Phi) is 6.21. The molecule has 1 aliphatic heterocycles. The van der Waals surface area contributed by atoms with E-state index in [9.17, 15) is 4.79 Å². The molecule has 0 fully saturated rings. The number of carbonyl (C=O) groups is 1. The molecule has 0 saturated heterocycles. The lowest BCUT2D eigenvalue weighted by Gasteiger charge is -2.19. The summed E-state index contributed by atoms with van der Waals surface area (Å²) in [6.07, 6.45) is 7.68. The van der Waals surface area contributed by atoms with Gasteiger partial charge in [-0.3, -0.25) is 9.36 Å². The summed E-state index contributed by atoms with van der Waals surface area (Å²) < 4.78 is 12.8. The zero-order chi connectivity index (χ0) is 21.6. The standard InChI is InChI=1S/C22H24N6O3/c1-2-16(20(23)17-6-8-26-22(27-17)28-10-9-24-14-28)21(29)25-7-5-15-3-4-18-19(13-15)31-12-11-30-18/h3-4,6,8-10,13-14,16,23H,2,5,7,11-12H2,1H3,(H,25,29). The molecular formula is C22H24N6O3. The summed E-state index contributed by atoms with van der Waals surface area (Å²) in [4.78, 5) is 25.4. The third kappa shape index (κ3) is 4.71. The zero-order valence-corrected chi connectivity index (χ0v) is 17.2. The van der Waals surface area contributed by atoms with E-state index in [0.29, 0.717) is 44.2 Å². The lowest BCUT2D eigenvalue weighted by molar-refractivity contribution is -0.123. The van der Waals surface area contributed by atoms with Gasteiger partial charge in [0.2, 0.25) is 11.9 Å². The normalized spacial score (nSPS) is 13.5. The van der Waals surface area contributed by atoms with Crippen molar-refractivity contribution in [2.75, 3.05) is 19.8 Å². The first-order valence-corrected chi connectivity index (χ1v) is 10.2. The Morgan fingerprint density at radius 3 is 2.84 bits per heavy atom. The van der Waals surface area contributed by atoms with Crippen molar-refractivity contribution < 1.29 is 14.3 Å². The lowest BCUT2D eigenvalue weighted by Crippen LogP contribution is -2.36. The van der Waals surface area contributed by atoms with E-state index >= 15 is 0 Å². The maximum Gasteiger partial charge on any atom is 0.235 e. The minimum Gasteiger partial charge on any atom is -0.486 e. The van der Waals surface area contributed by atoms with Gasteiger partial charge in [-0.05, 0) is 36.6 Å². The van der Waals surface area contributed by atoms with Crippen LogP contribution in [0.25, 0.3) is 5.95 Å². The highest BCUT2D eigenvalue weighted by Crippen LogP contribution is 2.30. The first-order valence-electron chi connectivity index (χ1n) is 10.2. The molecule has 4 rings (SSSR count). The van der Waals surface area contributed by atoms with Gasteiger partial charge >= 0.3 is 0 Å². The van der Waals surface area contributed by atoms with E-state index in [1.54, 1.807) is 35.6 Å². The number of carbonyl (C=O) groups excluding carboxylic acids is 1. The van der Waals surface area contributed by atoms with Crippen molar-refractivity contribution in [3.8, 4) is 17.4 Å². The van der Waals surface area contributed by atoms with Crippen LogP contribution < -0.4 is 14.8 Å². The molecule has 1 unspecified atom stereocenters. The van der Waals surface area contributed by atoms with Gasteiger partial charge in [-0.25, -0.2) is 15.0 Å². The Bertz CT molecular complexity index is 1070. The number of nitrogens with one attached hydrogen (secondary N) is 2. The van der Waals surface area contributed by atoms with Crippen molar-refractivity contribution in [2.45, 2.75) is 19.8 Å². The second-order valence-electron chi connectivity index (χ2n) is 7.11.